The van der Waals surface area contributed by atoms with Crippen LogP contribution in [-0.4, -0.2) is 32.3 Å². The van der Waals surface area contributed by atoms with Gasteiger partial charge in [0.15, 0.2) is 0 Å². The van der Waals surface area contributed by atoms with E-state index in [-0.39, 0.29) is 5.82 Å². The van der Waals surface area contributed by atoms with Crippen LogP contribution in [0.25, 0.3) is 0 Å². The maximum absolute atomic E-state index is 13.4. The van der Waals surface area contributed by atoms with Gasteiger partial charge in [-0.1, -0.05) is 15.9 Å². The predicted molar refractivity (Wildman–Crippen MR) is 68.4 cm³/mol. The lowest BCUT2D eigenvalue weighted by molar-refractivity contribution is 0.0766. The minimum absolute atomic E-state index is 0.173. The van der Waals surface area contributed by atoms with Gasteiger partial charge in [0.1, 0.15) is 5.82 Å². The molecule has 1 aromatic carbocycles. The van der Waals surface area contributed by atoms with Crippen LogP contribution in [0.5, 0.6) is 0 Å². The van der Waals surface area contributed by atoms with Crippen LogP contribution in [0.4, 0.5) is 4.39 Å². The van der Waals surface area contributed by atoms with Crippen LogP contribution in [-0.2, 0) is 11.3 Å². The van der Waals surface area contributed by atoms with E-state index in [1.807, 2.05) is 0 Å². The second-order valence-corrected chi connectivity index (χ2v) is 5.01. The van der Waals surface area contributed by atoms with Crippen molar-refractivity contribution in [1.82, 2.24) is 10.6 Å². The largest absolute Gasteiger partial charge is 0.378 e. The third-order valence-corrected chi connectivity index (χ3v) is 3.21. The van der Waals surface area contributed by atoms with E-state index in [0.717, 1.165) is 24.2 Å². The summed E-state index contributed by atoms with van der Waals surface area (Å²) in [6.45, 7) is 3.69. The first-order valence-corrected chi connectivity index (χ1v) is 6.51. The molecule has 17 heavy (non-hydrogen) atoms. The molecule has 1 aliphatic heterocycles. The Kier molecular flexibility index (Phi) is 4.91. The minimum atomic E-state index is -0.173. The van der Waals surface area contributed by atoms with Crippen LogP contribution in [0.3, 0.4) is 0 Å². The van der Waals surface area contributed by atoms with Crippen molar-refractivity contribution < 1.29 is 9.13 Å². The molecule has 0 amide bonds. The number of benzene rings is 1. The third kappa shape index (κ3) is 4.03. The highest BCUT2D eigenvalue weighted by Crippen LogP contribution is 2.15. The van der Waals surface area contributed by atoms with Gasteiger partial charge in [-0.3, -0.25) is 0 Å². The molecular formula is C12H16BrFN2O. The zero-order valence-electron chi connectivity index (χ0n) is 9.51. The van der Waals surface area contributed by atoms with Crippen molar-refractivity contribution in [3.05, 3.63) is 34.1 Å². The minimum Gasteiger partial charge on any atom is -0.378 e. The summed E-state index contributed by atoms with van der Waals surface area (Å²) >= 11 is 3.34. The summed E-state index contributed by atoms with van der Waals surface area (Å²) in [5.74, 6) is -0.173. The summed E-state index contributed by atoms with van der Waals surface area (Å²) in [5, 5.41) is 6.58. The number of halogens is 2. The summed E-state index contributed by atoms with van der Waals surface area (Å²) in [6.07, 6.45) is 0. The molecule has 5 heteroatoms. The Morgan fingerprint density at radius 1 is 1.53 bits per heavy atom. The SMILES string of the molecule is Fc1ccc(Br)cc1CNCC1COCCN1. The molecule has 1 fully saturated rings. The fraction of sp³-hybridized carbons (Fsp3) is 0.500. The van der Waals surface area contributed by atoms with Crippen LogP contribution in [0, 0.1) is 5.82 Å². The van der Waals surface area contributed by atoms with E-state index in [1.165, 1.54) is 6.07 Å². The number of morpholine rings is 1. The van der Waals surface area contributed by atoms with Crippen molar-refractivity contribution >= 4 is 15.9 Å². The Hall–Kier alpha value is -0.490. The molecule has 1 aromatic rings. The standard InChI is InChI=1S/C12H16BrFN2O/c13-10-1-2-12(14)9(5-10)6-15-7-11-8-17-4-3-16-11/h1-2,5,11,15-16H,3-4,6-8H2. The van der Waals surface area contributed by atoms with Crippen molar-refractivity contribution in [1.29, 1.82) is 0 Å². The van der Waals surface area contributed by atoms with Crippen LogP contribution in [0.2, 0.25) is 0 Å². The van der Waals surface area contributed by atoms with Gasteiger partial charge in [0.05, 0.1) is 13.2 Å². The summed E-state index contributed by atoms with van der Waals surface area (Å²) in [7, 11) is 0. The molecule has 0 spiro atoms. The number of hydrogen-bond donors (Lipinski definition) is 2. The van der Waals surface area contributed by atoms with Crippen molar-refractivity contribution in [2.45, 2.75) is 12.6 Å². The van der Waals surface area contributed by atoms with Gasteiger partial charge >= 0.3 is 0 Å². The molecule has 0 aromatic heterocycles. The Balaban J connectivity index is 1.79. The summed E-state index contributed by atoms with van der Waals surface area (Å²) < 4.78 is 19.7. The van der Waals surface area contributed by atoms with Crippen LogP contribution < -0.4 is 10.6 Å². The van der Waals surface area contributed by atoms with Gasteiger partial charge in [-0.15, -0.1) is 0 Å². The molecule has 0 saturated carbocycles. The number of ether oxygens (including phenoxy) is 1. The van der Waals surface area contributed by atoms with Crippen LogP contribution >= 0.6 is 15.9 Å². The highest BCUT2D eigenvalue weighted by Gasteiger charge is 2.12. The summed E-state index contributed by atoms with van der Waals surface area (Å²) in [5.41, 5.74) is 0.677. The van der Waals surface area contributed by atoms with Gasteiger partial charge in [0.25, 0.3) is 0 Å². The smallest absolute Gasteiger partial charge is 0.127 e. The molecule has 94 valence electrons. The van der Waals surface area contributed by atoms with E-state index >= 15 is 0 Å². The average Bonchev–Trinajstić information content (AvgIpc) is 2.35. The Morgan fingerprint density at radius 3 is 3.18 bits per heavy atom. The molecule has 1 saturated heterocycles. The molecule has 3 nitrogen and oxygen atoms in total. The first-order valence-electron chi connectivity index (χ1n) is 5.71. The highest BCUT2D eigenvalue weighted by molar-refractivity contribution is 9.10. The van der Waals surface area contributed by atoms with E-state index in [4.69, 9.17) is 4.74 Å². The topological polar surface area (TPSA) is 33.3 Å². The quantitative estimate of drug-likeness (QED) is 0.888. The summed E-state index contributed by atoms with van der Waals surface area (Å²) in [4.78, 5) is 0. The maximum atomic E-state index is 13.4. The second-order valence-electron chi connectivity index (χ2n) is 4.09. The molecule has 0 bridgehead atoms. The Labute approximate surface area is 109 Å². The van der Waals surface area contributed by atoms with Gasteiger partial charge in [0.2, 0.25) is 0 Å². The van der Waals surface area contributed by atoms with E-state index < -0.39 is 0 Å². The molecule has 0 aliphatic carbocycles. The van der Waals surface area contributed by atoms with Crippen LogP contribution in [0.15, 0.2) is 22.7 Å². The Bertz CT molecular complexity index is 370. The van der Waals surface area contributed by atoms with E-state index in [1.54, 1.807) is 12.1 Å². The normalized spacial score (nSPS) is 20.5. The van der Waals surface area contributed by atoms with Gasteiger partial charge in [0, 0.05) is 35.7 Å². The monoisotopic (exact) mass is 302 g/mol. The molecule has 2 rings (SSSR count). The predicted octanol–water partition coefficient (Wildman–Crippen LogP) is 1.67. The van der Waals surface area contributed by atoms with Crippen LogP contribution in [0.1, 0.15) is 5.56 Å². The fourth-order valence-corrected chi connectivity index (χ4v) is 2.22. The maximum Gasteiger partial charge on any atom is 0.127 e. The lowest BCUT2D eigenvalue weighted by atomic mass is 10.2. The Morgan fingerprint density at radius 2 is 2.41 bits per heavy atom. The van der Waals surface area contributed by atoms with Crippen molar-refractivity contribution in [3.63, 3.8) is 0 Å². The van der Waals surface area contributed by atoms with Gasteiger partial charge in [-0.25, -0.2) is 4.39 Å². The molecule has 0 radical (unpaired) electrons. The molecule has 2 N–H and O–H groups in total. The zero-order chi connectivity index (χ0) is 12.1. The third-order valence-electron chi connectivity index (χ3n) is 2.71. The molecular weight excluding hydrogens is 287 g/mol. The van der Waals surface area contributed by atoms with Gasteiger partial charge in [-0.05, 0) is 18.2 Å². The molecule has 1 heterocycles. The van der Waals surface area contributed by atoms with E-state index in [9.17, 15) is 4.39 Å². The molecule has 1 atom stereocenters. The van der Waals surface area contributed by atoms with Crippen molar-refractivity contribution in [3.8, 4) is 0 Å². The highest BCUT2D eigenvalue weighted by atomic mass is 79.9. The number of hydrogen-bond acceptors (Lipinski definition) is 3. The number of rotatable bonds is 4. The molecule has 1 unspecified atom stereocenters. The number of nitrogens with one attached hydrogen (secondary N) is 2. The first-order chi connectivity index (χ1) is 8.25. The zero-order valence-corrected chi connectivity index (χ0v) is 11.1. The van der Waals surface area contributed by atoms with Gasteiger partial charge in [-0.2, -0.15) is 0 Å². The van der Waals surface area contributed by atoms with E-state index in [0.29, 0.717) is 24.8 Å². The van der Waals surface area contributed by atoms with E-state index in [2.05, 4.69) is 26.6 Å². The first kappa shape index (κ1) is 13.0. The molecule has 1 aliphatic rings. The lowest BCUT2D eigenvalue weighted by Crippen LogP contribution is -2.47. The van der Waals surface area contributed by atoms with Crippen molar-refractivity contribution in [2.24, 2.45) is 0 Å². The summed E-state index contributed by atoms with van der Waals surface area (Å²) in [6, 6.07) is 5.30. The second kappa shape index (κ2) is 6.44. The van der Waals surface area contributed by atoms with Gasteiger partial charge < -0.3 is 15.4 Å². The fourth-order valence-electron chi connectivity index (χ4n) is 1.81. The lowest BCUT2D eigenvalue weighted by Gasteiger charge is -2.24. The average molecular weight is 303 g/mol. The van der Waals surface area contributed by atoms with Crippen molar-refractivity contribution in [2.75, 3.05) is 26.3 Å².